The minimum atomic E-state index is -0.188. The summed E-state index contributed by atoms with van der Waals surface area (Å²) in [7, 11) is 0. The second-order valence-corrected chi connectivity index (χ2v) is 8.54. The highest BCUT2D eigenvalue weighted by atomic mass is 35.5. The molecule has 2 aromatic heterocycles. The lowest BCUT2D eigenvalue weighted by molar-refractivity contribution is -0.121. The molecule has 0 atom stereocenters. The summed E-state index contributed by atoms with van der Waals surface area (Å²) < 4.78 is 1.70. The largest absolute Gasteiger partial charge is 0.352 e. The summed E-state index contributed by atoms with van der Waals surface area (Å²) in [5.41, 5.74) is 4.29. The second-order valence-electron chi connectivity index (χ2n) is 8.10. The quantitative estimate of drug-likeness (QED) is 0.334. The van der Waals surface area contributed by atoms with E-state index in [4.69, 9.17) is 11.6 Å². The van der Waals surface area contributed by atoms with E-state index in [1.165, 1.54) is 0 Å². The number of anilines is 1. The zero-order chi connectivity index (χ0) is 24.6. The molecule has 0 radical (unpaired) electrons. The lowest BCUT2D eigenvalue weighted by atomic mass is 10.1. The number of carbonyl (C=O) groups is 2. The van der Waals surface area contributed by atoms with Crippen LogP contribution in [-0.2, 0) is 16.1 Å². The molecular formula is C27H26ClN5O2. The Morgan fingerprint density at radius 3 is 2.43 bits per heavy atom. The van der Waals surface area contributed by atoms with Gasteiger partial charge in [0.05, 0.1) is 11.4 Å². The maximum absolute atomic E-state index is 12.9. The van der Waals surface area contributed by atoms with Crippen LogP contribution in [0.25, 0.3) is 16.8 Å². The lowest BCUT2D eigenvalue weighted by Crippen LogP contribution is -2.23. The third-order valence-corrected chi connectivity index (χ3v) is 5.72. The van der Waals surface area contributed by atoms with Gasteiger partial charge < -0.3 is 10.6 Å². The van der Waals surface area contributed by atoms with Gasteiger partial charge in [0.25, 0.3) is 0 Å². The SMILES string of the molecule is Cc1nn(-c2cccc(Cl)c2)c(NC(=O)CCCC(=O)NCc2ccncc2)c1-c1ccccc1. The first kappa shape index (κ1) is 24.2. The van der Waals surface area contributed by atoms with Gasteiger partial charge in [-0.1, -0.05) is 48.0 Å². The molecule has 0 aliphatic rings. The summed E-state index contributed by atoms with van der Waals surface area (Å²) in [4.78, 5) is 29.0. The number of nitrogens with one attached hydrogen (secondary N) is 2. The number of benzene rings is 2. The molecule has 4 rings (SSSR count). The van der Waals surface area contributed by atoms with Crippen molar-refractivity contribution in [3.8, 4) is 16.8 Å². The maximum Gasteiger partial charge on any atom is 0.225 e. The van der Waals surface area contributed by atoms with Gasteiger partial charge in [-0.05, 0) is 54.8 Å². The number of aromatic nitrogens is 3. The van der Waals surface area contributed by atoms with E-state index in [2.05, 4.69) is 20.7 Å². The van der Waals surface area contributed by atoms with Gasteiger partial charge >= 0.3 is 0 Å². The van der Waals surface area contributed by atoms with E-state index >= 15 is 0 Å². The van der Waals surface area contributed by atoms with Crippen molar-refractivity contribution in [3.63, 3.8) is 0 Å². The van der Waals surface area contributed by atoms with E-state index in [1.54, 1.807) is 29.2 Å². The molecule has 2 heterocycles. The highest BCUT2D eigenvalue weighted by Gasteiger charge is 2.20. The number of nitrogens with zero attached hydrogens (tertiary/aromatic N) is 3. The first-order chi connectivity index (χ1) is 17.0. The van der Waals surface area contributed by atoms with E-state index in [-0.39, 0.29) is 24.7 Å². The topological polar surface area (TPSA) is 88.9 Å². The van der Waals surface area contributed by atoms with Crippen LogP contribution in [0.5, 0.6) is 0 Å². The molecule has 2 aromatic carbocycles. The third kappa shape index (κ3) is 6.33. The monoisotopic (exact) mass is 487 g/mol. The molecule has 0 unspecified atom stereocenters. The Balaban J connectivity index is 1.45. The lowest BCUT2D eigenvalue weighted by Gasteiger charge is -2.12. The molecule has 178 valence electrons. The molecule has 0 saturated carbocycles. The van der Waals surface area contributed by atoms with Crippen molar-refractivity contribution in [1.29, 1.82) is 0 Å². The Morgan fingerprint density at radius 1 is 0.943 bits per heavy atom. The summed E-state index contributed by atoms with van der Waals surface area (Å²) >= 11 is 6.21. The molecule has 0 aliphatic carbocycles. The van der Waals surface area contributed by atoms with Crippen molar-refractivity contribution in [2.24, 2.45) is 0 Å². The van der Waals surface area contributed by atoms with Crippen molar-refractivity contribution >= 4 is 29.2 Å². The number of hydrogen-bond donors (Lipinski definition) is 2. The van der Waals surface area contributed by atoms with Crippen LogP contribution in [0.1, 0.15) is 30.5 Å². The minimum Gasteiger partial charge on any atom is -0.352 e. The number of amides is 2. The molecule has 35 heavy (non-hydrogen) atoms. The van der Waals surface area contributed by atoms with E-state index in [0.29, 0.717) is 23.8 Å². The first-order valence-corrected chi connectivity index (χ1v) is 11.8. The van der Waals surface area contributed by atoms with Gasteiger partial charge in [0.1, 0.15) is 5.82 Å². The molecule has 0 aliphatic heterocycles. The molecular weight excluding hydrogens is 462 g/mol. The molecule has 0 saturated heterocycles. The van der Waals surface area contributed by atoms with Crippen LogP contribution in [0.4, 0.5) is 5.82 Å². The van der Waals surface area contributed by atoms with Crippen molar-refractivity contribution in [1.82, 2.24) is 20.1 Å². The number of hydrogen-bond acceptors (Lipinski definition) is 4. The number of halogens is 1. The Bertz CT molecular complexity index is 1310. The Labute approximate surface area is 209 Å². The summed E-state index contributed by atoms with van der Waals surface area (Å²) in [6, 6.07) is 20.8. The highest BCUT2D eigenvalue weighted by Crippen LogP contribution is 2.34. The van der Waals surface area contributed by atoms with Gasteiger partial charge in [-0.15, -0.1) is 0 Å². The summed E-state index contributed by atoms with van der Waals surface area (Å²) in [6.07, 6.45) is 4.27. The van der Waals surface area contributed by atoms with Crippen LogP contribution in [-0.4, -0.2) is 26.6 Å². The van der Waals surface area contributed by atoms with Crippen LogP contribution in [0.15, 0.2) is 79.1 Å². The summed E-state index contributed by atoms with van der Waals surface area (Å²) in [5, 5.41) is 11.2. The second kappa shape index (κ2) is 11.4. The fourth-order valence-corrected chi connectivity index (χ4v) is 3.97. The van der Waals surface area contributed by atoms with Crippen LogP contribution in [0, 0.1) is 6.92 Å². The maximum atomic E-state index is 12.9. The van der Waals surface area contributed by atoms with E-state index < -0.39 is 0 Å². The van der Waals surface area contributed by atoms with E-state index in [9.17, 15) is 9.59 Å². The van der Waals surface area contributed by atoms with Gasteiger partial charge in [-0.3, -0.25) is 14.6 Å². The van der Waals surface area contributed by atoms with Crippen molar-refractivity contribution in [3.05, 3.63) is 95.4 Å². The smallest absolute Gasteiger partial charge is 0.225 e. The van der Waals surface area contributed by atoms with Gasteiger partial charge in [0.2, 0.25) is 11.8 Å². The Kier molecular flexibility index (Phi) is 7.90. The zero-order valence-electron chi connectivity index (χ0n) is 19.4. The minimum absolute atomic E-state index is 0.0978. The Hall–Kier alpha value is -3.97. The van der Waals surface area contributed by atoms with Gasteiger partial charge in [0, 0.05) is 42.4 Å². The van der Waals surface area contributed by atoms with Crippen LogP contribution in [0.2, 0.25) is 5.02 Å². The summed E-state index contributed by atoms with van der Waals surface area (Å²) in [5.74, 6) is 0.287. The van der Waals surface area contributed by atoms with Crippen LogP contribution in [0.3, 0.4) is 0 Å². The molecule has 7 nitrogen and oxygen atoms in total. The standard InChI is InChI=1S/C27H26ClN5O2/c1-19-26(21-7-3-2-4-8-21)27(33(32-19)23-10-5-9-22(28)17-23)31-25(35)12-6-11-24(34)30-18-20-13-15-29-16-14-20/h2-5,7-10,13-17H,6,11-12,18H2,1H3,(H,30,34)(H,31,35). The molecule has 2 N–H and O–H groups in total. The fourth-order valence-electron chi connectivity index (χ4n) is 3.78. The fraction of sp³-hybridized carbons (Fsp3) is 0.185. The molecule has 0 spiro atoms. The predicted octanol–water partition coefficient (Wildman–Crippen LogP) is 5.32. The molecule has 0 fully saturated rings. The van der Waals surface area contributed by atoms with Crippen LogP contribution < -0.4 is 10.6 Å². The molecule has 8 heteroatoms. The highest BCUT2D eigenvalue weighted by molar-refractivity contribution is 6.30. The van der Waals surface area contributed by atoms with E-state index in [0.717, 1.165) is 28.1 Å². The summed E-state index contributed by atoms with van der Waals surface area (Å²) in [6.45, 7) is 2.35. The average Bonchev–Trinajstić information content (AvgIpc) is 3.19. The molecule has 0 bridgehead atoms. The number of aryl methyl sites for hydroxylation is 1. The predicted molar refractivity (Wildman–Crippen MR) is 137 cm³/mol. The van der Waals surface area contributed by atoms with Gasteiger partial charge in [-0.25, -0.2) is 4.68 Å². The molecule has 4 aromatic rings. The average molecular weight is 488 g/mol. The first-order valence-electron chi connectivity index (χ1n) is 11.4. The number of pyridine rings is 1. The molecule has 2 amide bonds. The number of rotatable bonds is 9. The number of carbonyl (C=O) groups excluding carboxylic acids is 2. The Morgan fingerprint density at radius 2 is 1.69 bits per heavy atom. The van der Waals surface area contributed by atoms with Crippen LogP contribution >= 0.6 is 11.6 Å². The van der Waals surface area contributed by atoms with Crippen molar-refractivity contribution in [2.45, 2.75) is 32.7 Å². The zero-order valence-corrected chi connectivity index (χ0v) is 20.1. The van der Waals surface area contributed by atoms with E-state index in [1.807, 2.05) is 61.5 Å². The third-order valence-electron chi connectivity index (χ3n) is 5.48. The normalized spacial score (nSPS) is 10.7. The van der Waals surface area contributed by atoms with Gasteiger partial charge in [0.15, 0.2) is 0 Å². The van der Waals surface area contributed by atoms with Crippen molar-refractivity contribution in [2.75, 3.05) is 5.32 Å². The van der Waals surface area contributed by atoms with Gasteiger partial charge in [-0.2, -0.15) is 5.10 Å². The van der Waals surface area contributed by atoms with Crippen molar-refractivity contribution < 1.29 is 9.59 Å².